The molecule has 1 saturated heterocycles. The topological polar surface area (TPSA) is 93.7 Å². The molecule has 0 bridgehead atoms. The molecule has 146 valence electrons. The summed E-state index contributed by atoms with van der Waals surface area (Å²) in [4.78, 5) is 37.7. The van der Waals surface area contributed by atoms with Crippen LogP contribution in [0.3, 0.4) is 0 Å². The molecule has 3 atom stereocenters. The van der Waals surface area contributed by atoms with E-state index in [9.17, 15) is 14.4 Å². The molecule has 1 aromatic carbocycles. The number of fused-ring (bicyclic) bond motifs is 1. The molecular formula is C19H24N2O5S. The van der Waals surface area contributed by atoms with Gasteiger partial charge in [-0.3, -0.25) is 14.4 Å². The van der Waals surface area contributed by atoms with Crippen LogP contribution in [0.25, 0.3) is 0 Å². The van der Waals surface area contributed by atoms with Gasteiger partial charge in [0.1, 0.15) is 0 Å². The summed E-state index contributed by atoms with van der Waals surface area (Å²) in [7, 11) is 0. The Morgan fingerprint density at radius 2 is 2.22 bits per heavy atom. The first-order valence-electron chi connectivity index (χ1n) is 9.22. The summed E-state index contributed by atoms with van der Waals surface area (Å²) in [5, 5.41) is 5.01. The van der Waals surface area contributed by atoms with Crippen LogP contribution in [0, 0.1) is 0 Å². The van der Waals surface area contributed by atoms with Crippen molar-refractivity contribution in [2.45, 2.75) is 55.0 Å². The zero-order valence-corrected chi connectivity index (χ0v) is 16.1. The molecule has 2 N–H and O–H groups in total. The van der Waals surface area contributed by atoms with Crippen molar-refractivity contribution in [3.05, 3.63) is 24.3 Å². The molecule has 2 aliphatic rings. The van der Waals surface area contributed by atoms with Gasteiger partial charge in [-0.05, 0) is 31.4 Å². The van der Waals surface area contributed by atoms with Crippen LogP contribution in [0.1, 0.15) is 32.6 Å². The lowest BCUT2D eigenvalue weighted by Crippen LogP contribution is -2.41. The van der Waals surface area contributed by atoms with E-state index in [1.54, 1.807) is 6.92 Å². The third kappa shape index (κ3) is 5.23. The van der Waals surface area contributed by atoms with Crippen LogP contribution in [0.15, 0.2) is 29.2 Å². The molecule has 3 rings (SSSR count). The zero-order valence-electron chi connectivity index (χ0n) is 15.2. The summed E-state index contributed by atoms with van der Waals surface area (Å²) in [6.07, 6.45) is 1.38. The first-order chi connectivity index (χ1) is 13.1. The summed E-state index contributed by atoms with van der Waals surface area (Å²) in [6, 6.07) is 7.44. The average molecular weight is 392 g/mol. The minimum Gasteiger partial charge on any atom is -0.452 e. The number of ether oxygens (including phenoxy) is 2. The van der Waals surface area contributed by atoms with Crippen LogP contribution in [-0.4, -0.2) is 48.4 Å². The Labute approximate surface area is 162 Å². The molecule has 1 fully saturated rings. The quantitative estimate of drug-likeness (QED) is 0.691. The smallest absolute Gasteiger partial charge is 0.308 e. The SMILES string of the molecule is CC[C@H](OC(=O)C[C@H]1Sc2ccccc2NC1=O)C(=O)NC[C@@H]1CCCO1. The Kier molecular flexibility index (Phi) is 6.73. The number of esters is 1. The van der Waals surface area contributed by atoms with Gasteiger partial charge in [-0.1, -0.05) is 19.1 Å². The maximum atomic E-state index is 12.3. The van der Waals surface area contributed by atoms with Crippen molar-refractivity contribution in [1.82, 2.24) is 5.32 Å². The predicted octanol–water partition coefficient (Wildman–Crippen LogP) is 2.11. The van der Waals surface area contributed by atoms with Gasteiger partial charge in [-0.2, -0.15) is 0 Å². The molecule has 0 unspecified atom stereocenters. The molecule has 27 heavy (non-hydrogen) atoms. The fraction of sp³-hybridized carbons (Fsp3) is 0.526. The maximum Gasteiger partial charge on any atom is 0.308 e. The molecule has 2 amide bonds. The fourth-order valence-electron chi connectivity index (χ4n) is 3.04. The van der Waals surface area contributed by atoms with Crippen LogP contribution in [-0.2, 0) is 23.9 Å². The van der Waals surface area contributed by atoms with Gasteiger partial charge in [0, 0.05) is 18.0 Å². The highest BCUT2D eigenvalue weighted by atomic mass is 32.2. The minimum absolute atomic E-state index is 0.0320. The number of para-hydroxylation sites is 1. The Hall–Kier alpha value is -2.06. The van der Waals surface area contributed by atoms with Gasteiger partial charge in [0.05, 0.1) is 23.5 Å². The van der Waals surface area contributed by atoms with E-state index in [1.807, 2.05) is 24.3 Å². The number of hydrogen-bond donors (Lipinski definition) is 2. The second-order valence-electron chi connectivity index (χ2n) is 6.56. The van der Waals surface area contributed by atoms with E-state index in [1.165, 1.54) is 11.8 Å². The highest BCUT2D eigenvalue weighted by Gasteiger charge is 2.31. The number of carbonyl (C=O) groups is 3. The lowest BCUT2D eigenvalue weighted by atomic mass is 10.2. The van der Waals surface area contributed by atoms with Gasteiger partial charge in [-0.15, -0.1) is 11.8 Å². The number of nitrogens with one attached hydrogen (secondary N) is 2. The first-order valence-corrected chi connectivity index (χ1v) is 10.1. The lowest BCUT2D eigenvalue weighted by molar-refractivity contribution is -0.156. The van der Waals surface area contributed by atoms with Crippen molar-refractivity contribution in [1.29, 1.82) is 0 Å². The predicted molar refractivity (Wildman–Crippen MR) is 101 cm³/mol. The van der Waals surface area contributed by atoms with Crippen molar-refractivity contribution in [3.63, 3.8) is 0 Å². The number of benzene rings is 1. The molecule has 2 aliphatic heterocycles. The van der Waals surface area contributed by atoms with E-state index in [0.29, 0.717) is 13.0 Å². The van der Waals surface area contributed by atoms with E-state index >= 15 is 0 Å². The average Bonchev–Trinajstić information content (AvgIpc) is 3.18. The van der Waals surface area contributed by atoms with Crippen LogP contribution >= 0.6 is 11.8 Å². The molecular weight excluding hydrogens is 368 g/mol. The highest BCUT2D eigenvalue weighted by molar-refractivity contribution is 8.01. The summed E-state index contributed by atoms with van der Waals surface area (Å²) >= 11 is 1.33. The largest absolute Gasteiger partial charge is 0.452 e. The van der Waals surface area contributed by atoms with Gasteiger partial charge in [-0.25, -0.2) is 0 Å². The van der Waals surface area contributed by atoms with Gasteiger partial charge in [0.25, 0.3) is 5.91 Å². The van der Waals surface area contributed by atoms with Gasteiger partial charge >= 0.3 is 5.97 Å². The van der Waals surface area contributed by atoms with Crippen molar-refractivity contribution in [2.24, 2.45) is 0 Å². The molecule has 0 spiro atoms. The van der Waals surface area contributed by atoms with Gasteiger partial charge in [0.15, 0.2) is 6.10 Å². The normalized spacial score (nSPS) is 22.5. The standard InChI is InChI=1S/C19H24N2O5S/c1-2-14(18(23)20-11-12-6-5-9-25-12)26-17(22)10-16-19(24)21-13-7-3-4-8-15(13)27-16/h3-4,7-8,12,14,16H,2,5-6,9-11H2,1H3,(H,20,23)(H,21,24)/t12-,14-,16+/m0/s1. The molecule has 0 aromatic heterocycles. The summed E-state index contributed by atoms with van der Waals surface area (Å²) in [5.41, 5.74) is 0.747. The van der Waals surface area contributed by atoms with Gasteiger partial charge in [0.2, 0.25) is 5.91 Å². The minimum atomic E-state index is -0.858. The molecule has 0 radical (unpaired) electrons. The van der Waals surface area contributed by atoms with Crippen molar-refractivity contribution >= 4 is 35.2 Å². The van der Waals surface area contributed by atoms with Crippen LogP contribution in [0.5, 0.6) is 0 Å². The van der Waals surface area contributed by atoms with Crippen LogP contribution < -0.4 is 10.6 Å². The van der Waals surface area contributed by atoms with E-state index in [2.05, 4.69) is 10.6 Å². The number of amides is 2. The summed E-state index contributed by atoms with van der Waals surface area (Å²) < 4.78 is 10.8. The van der Waals surface area contributed by atoms with E-state index in [-0.39, 0.29) is 24.3 Å². The number of hydrogen-bond acceptors (Lipinski definition) is 6. The fourth-order valence-corrected chi connectivity index (χ4v) is 4.14. The molecule has 0 aliphatic carbocycles. The third-order valence-electron chi connectivity index (χ3n) is 4.52. The second kappa shape index (κ2) is 9.23. The molecule has 8 heteroatoms. The second-order valence-corrected chi connectivity index (χ2v) is 7.81. The highest BCUT2D eigenvalue weighted by Crippen LogP contribution is 2.36. The third-order valence-corrected chi connectivity index (χ3v) is 5.80. The van der Waals surface area contributed by atoms with Crippen LogP contribution in [0.2, 0.25) is 0 Å². The summed E-state index contributed by atoms with van der Waals surface area (Å²) in [5.74, 6) is -1.11. The Balaban J connectivity index is 1.49. The Morgan fingerprint density at radius 1 is 1.41 bits per heavy atom. The number of thioether (sulfide) groups is 1. The monoisotopic (exact) mass is 392 g/mol. The van der Waals surface area contributed by atoms with E-state index in [4.69, 9.17) is 9.47 Å². The Morgan fingerprint density at radius 3 is 2.96 bits per heavy atom. The number of anilines is 1. The van der Waals surface area contributed by atoms with Crippen LogP contribution in [0.4, 0.5) is 5.69 Å². The van der Waals surface area contributed by atoms with Crippen molar-refractivity contribution in [2.75, 3.05) is 18.5 Å². The Bertz CT molecular complexity index is 705. The summed E-state index contributed by atoms with van der Waals surface area (Å²) in [6.45, 7) is 2.92. The molecule has 2 heterocycles. The number of rotatable bonds is 7. The first kappa shape index (κ1) is 19.7. The maximum absolute atomic E-state index is 12.3. The molecule has 7 nitrogen and oxygen atoms in total. The van der Waals surface area contributed by atoms with Crippen molar-refractivity contribution in [3.8, 4) is 0 Å². The lowest BCUT2D eigenvalue weighted by Gasteiger charge is -2.24. The zero-order chi connectivity index (χ0) is 19.2. The van der Waals surface area contributed by atoms with Crippen molar-refractivity contribution < 1.29 is 23.9 Å². The molecule has 0 saturated carbocycles. The van der Waals surface area contributed by atoms with E-state index < -0.39 is 17.3 Å². The van der Waals surface area contributed by atoms with E-state index in [0.717, 1.165) is 30.0 Å². The number of carbonyl (C=O) groups excluding carboxylic acids is 3. The molecule has 1 aromatic rings. The van der Waals surface area contributed by atoms with Gasteiger partial charge < -0.3 is 20.1 Å².